The average molecular weight is 180 g/mol. The van der Waals surface area contributed by atoms with Crippen LogP contribution < -0.4 is 5.32 Å². The van der Waals surface area contributed by atoms with Crippen LogP contribution in [0.4, 0.5) is 0 Å². The maximum absolute atomic E-state index is 3.95. The van der Waals surface area contributed by atoms with Crippen molar-refractivity contribution in [2.75, 3.05) is 13.1 Å². The molecule has 1 aromatic rings. The third kappa shape index (κ3) is 2.52. The number of piperidine rings is 1. The number of rotatable bonds is 3. The molecule has 1 aromatic heterocycles. The molecule has 13 heavy (non-hydrogen) atoms. The highest BCUT2D eigenvalue weighted by atomic mass is 15.4. The quantitative estimate of drug-likeness (QED) is 0.743. The molecule has 1 aliphatic rings. The van der Waals surface area contributed by atoms with Gasteiger partial charge < -0.3 is 5.32 Å². The van der Waals surface area contributed by atoms with Crippen molar-refractivity contribution < 1.29 is 0 Å². The van der Waals surface area contributed by atoms with Crippen molar-refractivity contribution >= 4 is 0 Å². The molecule has 4 nitrogen and oxygen atoms in total. The van der Waals surface area contributed by atoms with Crippen molar-refractivity contribution in [2.24, 2.45) is 5.92 Å². The number of aromatic nitrogens is 3. The smallest absolute Gasteiger partial charge is 0.0692 e. The molecule has 4 heteroatoms. The minimum atomic E-state index is 0.880. The van der Waals surface area contributed by atoms with E-state index in [4.69, 9.17) is 0 Å². The summed E-state index contributed by atoms with van der Waals surface area (Å²) in [6.07, 6.45) is 7.54. The Morgan fingerprint density at radius 2 is 2.23 bits per heavy atom. The Balaban J connectivity index is 1.72. The fraction of sp³-hybridized carbons (Fsp3) is 0.778. The molecule has 2 heterocycles. The molecule has 0 aromatic carbocycles. The van der Waals surface area contributed by atoms with Crippen LogP contribution in [0.15, 0.2) is 12.4 Å². The van der Waals surface area contributed by atoms with Gasteiger partial charge in [0.15, 0.2) is 0 Å². The van der Waals surface area contributed by atoms with E-state index in [0.717, 1.165) is 12.5 Å². The second-order valence-corrected chi connectivity index (χ2v) is 3.65. The van der Waals surface area contributed by atoms with Crippen LogP contribution in [0, 0.1) is 5.92 Å². The summed E-state index contributed by atoms with van der Waals surface area (Å²) in [6.45, 7) is 3.38. The highest BCUT2D eigenvalue weighted by molar-refractivity contribution is 4.70. The van der Waals surface area contributed by atoms with Crippen LogP contribution in [0.1, 0.15) is 19.3 Å². The zero-order chi connectivity index (χ0) is 8.93. The van der Waals surface area contributed by atoms with Crippen LogP contribution in [-0.4, -0.2) is 28.1 Å². The van der Waals surface area contributed by atoms with Gasteiger partial charge in [0.2, 0.25) is 0 Å². The molecule has 1 N–H and O–H groups in total. The lowest BCUT2D eigenvalue weighted by Gasteiger charge is -2.22. The number of nitrogens with zero attached hydrogens (tertiary/aromatic N) is 3. The Labute approximate surface area is 78.3 Å². The highest BCUT2D eigenvalue weighted by Crippen LogP contribution is 2.16. The van der Waals surface area contributed by atoms with E-state index < -0.39 is 0 Å². The Morgan fingerprint density at radius 3 is 2.92 bits per heavy atom. The fourth-order valence-electron chi connectivity index (χ4n) is 1.84. The van der Waals surface area contributed by atoms with Crippen LogP contribution in [0.25, 0.3) is 0 Å². The largest absolute Gasteiger partial charge is 0.317 e. The summed E-state index contributed by atoms with van der Waals surface area (Å²) in [4.78, 5) is 0. The van der Waals surface area contributed by atoms with Crippen LogP contribution in [-0.2, 0) is 6.54 Å². The summed E-state index contributed by atoms with van der Waals surface area (Å²) >= 11 is 0. The van der Waals surface area contributed by atoms with Gasteiger partial charge in [-0.15, -0.1) is 5.10 Å². The zero-order valence-corrected chi connectivity index (χ0v) is 7.82. The van der Waals surface area contributed by atoms with Crippen molar-refractivity contribution in [3.63, 3.8) is 0 Å². The van der Waals surface area contributed by atoms with E-state index in [-0.39, 0.29) is 0 Å². The number of nitrogens with one attached hydrogen (secondary N) is 1. The minimum Gasteiger partial charge on any atom is -0.317 e. The number of hydrogen-bond donors (Lipinski definition) is 1. The lowest BCUT2D eigenvalue weighted by molar-refractivity contribution is 0.330. The SMILES string of the molecule is c1cn(CCC2CCNCC2)nn1. The predicted molar refractivity (Wildman–Crippen MR) is 50.2 cm³/mol. The molecular formula is C9H16N4. The Kier molecular flexibility index (Phi) is 2.92. The maximum Gasteiger partial charge on any atom is 0.0692 e. The Morgan fingerprint density at radius 1 is 1.38 bits per heavy atom. The molecule has 0 aliphatic carbocycles. The molecule has 1 saturated heterocycles. The van der Waals surface area contributed by atoms with E-state index in [9.17, 15) is 0 Å². The second-order valence-electron chi connectivity index (χ2n) is 3.65. The average Bonchev–Trinajstić information content (AvgIpc) is 2.69. The van der Waals surface area contributed by atoms with Crippen molar-refractivity contribution in [3.8, 4) is 0 Å². The van der Waals surface area contributed by atoms with Gasteiger partial charge in [-0.05, 0) is 38.3 Å². The maximum atomic E-state index is 3.95. The van der Waals surface area contributed by atoms with Gasteiger partial charge in [-0.25, -0.2) is 0 Å². The van der Waals surface area contributed by atoms with E-state index in [2.05, 4.69) is 15.6 Å². The van der Waals surface area contributed by atoms with Gasteiger partial charge in [-0.2, -0.15) is 0 Å². The van der Waals surface area contributed by atoms with Gasteiger partial charge in [0.1, 0.15) is 0 Å². The summed E-state index contributed by atoms with van der Waals surface area (Å²) in [5.74, 6) is 0.880. The summed E-state index contributed by atoms with van der Waals surface area (Å²) in [7, 11) is 0. The van der Waals surface area contributed by atoms with Crippen molar-refractivity contribution in [1.82, 2.24) is 20.3 Å². The third-order valence-corrected chi connectivity index (χ3v) is 2.70. The van der Waals surface area contributed by atoms with E-state index in [1.165, 1.54) is 32.4 Å². The Bertz CT molecular complexity index is 226. The van der Waals surface area contributed by atoms with Crippen molar-refractivity contribution in [2.45, 2.75) is 25.8 Å². The second kappa shape index (κ2) is 4.37. The standard InChI is InChI=1S/C9H16N4/c1-4-10-5-2-9(1)3-7-13-8-6-11-12-13/h6,8-10H,1-5,7H2. The summed E-state index contributed by atoms with van der Waals surface area (Å²) in [5, 5.41) is 11.1. The van der Waals surface area contributed by atoms with Gasteiger partial charge in [0, 0.05) is 12.7 Å². The summed E-state index contributed by atoms with van der Waals surface area (Å²) in [5.41, 5.74) is 0. The lowest BCUT2D eigenvalue weighted by Crippen LogP contribution is -2.28. The molecule has 0 unspecified atom stereocenters. The first-order valence-electron chi connectivity index (χ1n) is 5.00. The van der Waals surface area contributed by atoms with E-state index >= 15 is 0 Å². The topological polar surface area (TPSA) is 42.7 Å². The monoisotopic (exact) mass is 180 g/mol. The first kappa shape index (κ1) is 8.69. The van der Waals surface area contributed by atoms with Crippen LogP contribution >= 0.6 is 0 Å². The molecule has 0 spiro atoms. The molecule has 0 atom stereocenters. The molecule has 0 radical (unpaired) electrons. The highest BCUT2D eigenvalue weighted by Gasteiger charge is 2.12. The van der Waals surface area contributed by atoms with E-state index in [1.807, 2.05) is 10.9 Å². The molecule has 1 aliphatic heterocycles. The van der Waals surface area contributed by atoms with Crippen LogP contribution in [0.5, 0.6) is 0 Å². The van der Waals surface area contributed by atoms with Crippen molar-refractivity contribution in [3.05, 3.63) is 12.4 Å². The van der Waals surface area contributed by atoms with Gasteiger partial charge in [-0.3, -0.25) is 4.68 Å². The zero-order valence-electron chi connectivity index (χ0n) is 7.82. The molecule has 0 saturated carbocycles. The summed E-state index contributed by atoms with van der Waals surface area (Å²) < 4.78 is 1.92. The third-order valence-electron chi connectivity index (χ3n) is 2.70. The van der Waals surface area contributed by atoms with Crippen LogP contribution in [0.2, 0.25) is 0 Å². The lowest BCUT2D eigenvalue weighted by atomic mass is 9.95. The number of aryl methyl sites for hydroxylation is 1. The molecule has 2 rings (SSSR count). The fourth-order valence-corrected chi connectivity index (χ4v) is 1.84. The first-order chi connectivity index (χ1) is 6.45. The van der Waals surface area contributed by atoms with Gasteiger partial charge >= 0.3 is 0 Å². The molecule has 0 bridgehead atoms. The normalized spacial score (nSPS) is 19.1. The molecular weight excluding hydrogens is 164 g/mol. The van der Waals surface area contributed by atoms with Crippen molar-refractivity contribution in [1.29, 1.82) is 0 Å². The number of hydrogen-bond acceptors (Lipinski definition) is 3. The van der Waals surface area contributed by atoms with Gasteiger partial charge in [-0.1, -0.05) is 5.21 Å². The Hall–Kier alpha value is -0.900. The van der Waals surface area contributed by atoms with Gasteiger partial charge in [0.05, 0.1) is 6.20 Å². The van der Waals surface area contributed by atoms with E-state index in [1.54, 1.807) is 6.20 Å². The van der Waals surface area contributed by atoms with Gasteiger partial charge in [0.25, 0.3) is 0 Å². The first-order valence-corrected chi connectivity index (χ1v) is 5.00. The minimum absolute atomic E-state index is 0.880. The summed E-state index contributed by atoms with van der Waals surface area (Å²) in [6, 6.07) is 0. The molecule has 72 valence electrons. The van der Waals surface area contributed by atoms with Crippen LogP contribution in [0.3, 0.4) is 0 Å². The predicted octanol–water partition coefficient (Wildman–Crippen LogP) is 0.668. The van der Waals surface area contributed by atoms with E-state index in [0.29, 0.717) is 0 Å². The molecule has 1 fully saturated rings. The molecule has 0 amide bonds.